The van der Waals surface area contributed by atoms with Gasteiger partial charge in [-0.3, -0.25) is 4.79 Å². The van der Waals surface area contributed by atoms with Crippen molar-refractivity contribution in [1.82, 2.24) is 0 Å². The van der Waals surface area contributed by atoms with E-state index in [0.717, 1.165) is 0 Å². The van der Waals surface area contributed by atoms with Crippen LogP contribution in [0.4, 0.5) is 0 Å². The summed E-state index contributed by atoms with van der Waals surface area (Å²) in [5.74, 6) is -0.588. The molecule has 0 amide bonds. The summed E-state index contributed by atoms with van der Waals surface area (Å²) in [6, 6.07) is 10.5. The van der Waals surface area contributed by atoms with Crippen LogP contribution < -0.4 is 0 Å². The van der Waals surface area contributed by atoms with Crippen LogP contribution in [-0.2, 0) is 6.42 Å². The quantitative estimate of drug-likeness (QED) is 0.792. The van der Waals surface area contributed by atoms with Crippen LogP contribution in [0.1, 0.15) is 34.5 Å². The Bertz CT molecular complexity index is 640. The maximum atomic E-state index is 12.4. The highest BCUT2D eigenvalue weighted by molar-refractivity contribution is 6.31. The molecule has 2 rings (SSSR count). The van der Waals surface area contributed by atoms with Crippen LogP contribution in [0.15, 0.2) is 41.0 Å². The van der Waals surface area contributed by atoms with Crippen LogP contribution in [0.2, 0.25) is 5.02 Å². The number of nitriles is 1. The van der Waals surface area contributed by atoms with Crippen molar-refractivity contribution in [1.29, 1.82) is 5.26 Å². The van der Waals surface area contributed by atoms with Gasteiger partial charge in [-0.15, -0.1) is 0 Å². The van der Waals surface area contributed by atoms with E-state index in [9.17, 15) is 10.1 Å². The molecule has 1 unspecified atom stereocenters. The van der Waals surface area contributed by atoms with E-state index in [4.69, 9.17) is 16.0 Å². The Morgan fingerprint density at radius 2 is 2.16 bits per heavy atom. The maximum absolute atomic E-state index is 12.4. The molecule has 19 heavy (non-hydrogen) atoms. The number of hydrogen-bond donors (Lipinski definition) is 0. The monoisotopic (exact) mass is 273 g/mol. The van der Waals surface area contributed by atoms with Gasteiger partial charge in [-0.25, -0.2) is 0 Å². The highest BCUT2D eigenvalue weighted by atomic mass is 35.5. The summed E-state index contributed by atoms with van der Waals surface area (Å²) in [7, 11) is 0. The minimum absolute atomic E-state index is 0.277. The Balaban J connectivity index is 2.42. The Morgan fingerprint density at radius 3 is 2.79 bits per heavy atom. The number of ketones is 1. The van der Waals surface area contributed by atoms with Crippen LogP contribution in [0.3, 0.4) is 0 Å². The van der Waals surface area contributed by atoms with Crippen molar-refractivity contribution in [2.75, 3.05) is 0 Å². The number of hydrogen-bond acceptors (Lipinski definition) is 3. The molecule has 1 aromatic heterocycles. The predicted molar refractivity (Wildman–Crippen MR) is 72.2 cm³/mol. The van der Waals surface area contributed by atoms with Crippen LogP contribution in [0.5, 0.6) is 0 Å². The second-order valence-corrected chi connectivity index (χ2v) is 4.47. The van der Waals surface area contributed by atoms with E-state index in [0.29, 0.717) is 28.3 Å². The van der Waals surface area contributed by atoms with Gasteiger partial charge in [0.1, 0.15) is 11.7 Å². The standard InChI is InChI=1S/C15H12ClNO2/c1-2-14-11(7-8-19-14)15(18)12(9-17)10-5-3-4-6-13(10)16/h3-8,12H,2H2,1H3. The smallest absolute Gasteiger partial charge is 0.188 e. The predicted octanol–water partition coefficient (Wildman–Crippen LogP) is 3.99. The van der Waals surface area contributed by atoms with E-state index in [1.165, 1.54) is 6.26 Å². The minimum atomic E-state index is -0.906. The molecule has 0 aliphatic carbocycles. The molecule has 3 nitrogen and oxygen atoms in total. The SMILES string of the molecule is CCc1occc1C(=O)C(C#N)c1ccccc1Cl. The van der Waals surface area contributed by atoms with E-state index < -0.39 is 5.92 Å². The van der Waals surface area contributed by atoms with Gasteiger partial charge in [-0.1, -0.05) is 36.7 Å². The first-order valence-corrected chi connectivity index (χ1v) is 6.31. The van der Waals surface area contributed by atoms with Crippen molar-refractivity contribution >= 4 is 17.4 Å². The summed E-state index contributed by atoms with van der Waals surface area (Å²) in [5.41, 5.74) is 0.980. The molecular formula is C15H12ClNO2. The van der Waals surface area contributed by atoms with E-state index >= 15 is 0 Å². The van der Waals surface area contributed by atoms with Gasteiger partial charge in [0.05, 0.1) is 17.9 Å². The second-order valence-electron chi connectivity index (χ2n) is 4.06. The Hall–Kier alpha value is -2.05. The van der Waals surface area contributed by atoms with Crippen molar-refractivity contribution in [2.45, 2.75) is 19.3 Å². The molecule has 1 aromatic carbocycles. The number of aryl methyl sites for hydroxylation is 1. The lowest BCUT2D eigenvalue weighted by Gasteiger charge is -2.10. The van der Waals surface area contributed by atoms with Gasteiger partial charge >= 0.3 is 0 Å². The molecule has 0 N–H and O–H groups in total. The van der Waals surface area contributed by atoms with Gasteiger partial charge in [-0.2, -0.15) is 5.26 Å². The largest absolute Gasteiger partial charge is 0.469 e. The zero-order valence-electron chi connectivity index (χ0n) is 10.4. The molecule has 2 aromatic rings. The molecule has 0 saturated carbocycles. The molecular weight excluding hydrogens is 262 g/mol. The van der Waals surface area contributed by atoms with Crippen LogP contribution in [0, 0.1) is 11.3 Å². The van der Waals surface area contributed by atoms with Crippen molar-refractivity contribution in [3.05, 3.63) is 58.5 Å². The molecule has 1 atom stereocenters. The summed E-state index contributed by atoms with van der Waals surface area (Å²) >= 11 is 6.05. The number of nitrogens with zero attached hydrogens (tertiary/aromatic N) is 1. The zero-order chi connectivity index (χ0) is 13.8. The van der Waals surface area contributed by atoms with Gasteiger partial charge in [0.15, 0.2) is 5.78 Å². The van der Waals surface area contributed by atoms with Gasteiger partial charge < -0.3 is 4.42 Å². The normalized spacial score (nSPS) is 11.8. The number of furan rings is 1. The van der Waals surface area contributed by atoms with E-state index in [-0.39, 0.29) is 5.78 Å². The average Bonchev–Trinajstić information content (AvgIpc) is 2.89. The first-order chi connectivity index (χ1) is 9.19. The third kappa shape index (κ3) is 2.54. The maximum Gasteiger partial charge on any atom is 0.188 e. The van der Waals surface area contributed by atoms with Gasteiger partial charge in [0, 0.05) is 11.4 Å². The molecule has 0 fully saturated rings. The third-order valence-electron chi connectivity index (χ3n) is 2.94. The first-order valence-electron chi connectivity index (χ1n) is 5.93. The average molecular weight is 274 g/mol. The topological polar surface area (TPSA) is 54.0 Å². The summed E-state index contributed by atoms with van der Waals surface area (Å²) in [6.07, 6.45) is 2.07. The van der Waals surface area contributed by atoms with Crippen molar-refractivity contribution < 1.29 is 9.21 Å². The van der Waals surface area contributed by atoms with Gasteiger partial charge in [0.2, 0.25) is 0 Å². The third-order valence-corrected chi connectivity index (χ3v) is 3.28. The summed E-state index contributed by atoms with van der Waals surface area (Å²) < 4.78 is 5.23. The van der Waals surface area contributed by atoms with Crippen molar-refractivity contribution in [3.8, 4) is 6.07 Å². The molecule has 0 bridgehead atoms. The number of rotatable bonds is 4. The number of halogens is 1. The van der Waals surface area contributed by atoms with E-state index in [1.807, 2.05) is 13.0 Å². The number of benzene rings is 1. The molecule has 1 heterocycles. The zero-order valence-corrected chi connectivity index (χ0v) is 11.1. The van der Waals surface area contributed by atoms with E-state index in [2.05, 4.69) is 0 Å². The van der Waals surface area contributed by atoms with E-state index in [1.54, 1.807) is 30.3 Å². The fraction of sp³-hybridized carbons (Fsp3) is 0.200. The van der Waals surface area contributed by atoms with Gasteiger partial charge in [-0.05, 0) is 17.7 Å². The van der Waals surface area contributed by atoms with Crippen molar-refractivity contribution in [2.24, 2.45) is 0 Å². The molecule has 4 heteroatoms. The molecule has 0 spiro atoms. The fourth-order valence-electron chi connectivity index (χ4n) is 1.97. The summed E-state index contributed by atoms with van der Waals surface area (Å²) in [6.45, 7) is 1.90. The molecule has 96 valence electrons. The number of carbonyl (C=O) groups excluding carboxylic acids is 1. The number of Topliss-reactive ketones (excluding diaryl/α,β-unsaturated/α-hetero) is 1. The van der Waals surface area contributed by atoms with Crippen LogP contribution in [0.25, 0.3) is 0 Å². The highest BCUT2D eigenvalue weighted by Gasteiger charge is 2.26. The fourth-order valence-corrected chi connectivity index (χ4v) is 2.21. The molecule has 0 radical (unpaired) electrons. The highest BCUT2D eigenvalue weighted by Crippen LogP contribution is 2.28. The molecule has 0 saturated heterocycles. The summed E-state index contributed by atoms with van der Waals surface area (Å²) in [5, 5.41) is 9.70. The molecule has 0 aliphatic rings. The number of carbonyl (C=O) groups is 1. The molecule has 0 aliphatic heterocycles. The van der Waals surface area contributed by atoms with Crippen molar-refractivity contribution in [3.63, 3.8) is 0 Å². The Labute approximate surface area is 116 Å². The lowest BCUT2D eigenvalue weighted by Crippen LogP contribution is -2.12. The first kappa shape index (κ1) is 13.4. The minimum Gasteiger partial charge on any atom is -0.469 e. The second kappa shape index (κ2) is 5.73. The lowest BCUT2D eigenvalue weighted by molar-refractivity contribution is 0.0977. The summed E-state index contributed by atoms with van der Waals surface area (Å²) in [4.78, 5) is 12.4. The Kier molecular flexibility index (Phi) is 4.03. The van der Waals surface area contributed by atoms with Gasteiger partial charge in [0.25, 0.3) is 0 Å². The van der Waals surface area contributed by atoms with Crippen LogP contribution in [-0.4, -0.2) is 5.78 Å². The van der Waals surface area contributed by atoms with Crippen LogP contribution >= 0.6 is 11.6 Å². The lowest BCUT2D eigenvalue weighted by atomic mass is 9.91. The Morgan fingerprint density at radius 1 is 1.42 bits per heavy atom.